The van der Waals surface area contributed by atoms with Crippen molar-refractivity contribution in [1.29, 1.82) is 0 Å². The molecule has 0 unspecified atom stereocenters. The average Bonchev–Trinajstić information content (AvgIpc) is 2.73. The number of nitrogens with zero attached hydrogens (tertiary/aromatic N) is 4. The lowest BCUT2D eigenvalue weighted by molar-refractivity contribution is 0.145. The maximum absolute atomic E-state index is 12.6. The van der Waals surface area contributed by atoms with Crippen molar-refractivity contribution in [2.75, 3.05) is 18.2 Å². The van der Waals surface area contributed by atoms with Gasteiger partial charge < -0.3 is 4.90 Å². The molecular formula is C22H23N5O2. The standard InChI is InChI=1S/C22H23N5O2/c28-20-19-13-24(11-17-7-3-1-4-8-17)14-26-15-25(12-18-9-5-2-6-10-18)16-27(21(19)26)22(29)23-20/h1-10H,11-16H2,(H,23,28,29). The number of nitrogens with one attached hydrogen (secondary N) is 1. The van der Waals surface area contributed by atoms with Gasteiger partial charge in [-0.05, 0) is 11.1 Å². The molecule has 0 saturated carbocycles. The van der Waals surface area contributed by atoms with Crippen LogP contribution in [0.1, 0.15) is 16.7 Å². The van der Waals surface area contributed by atoms with E-state index in [1.54, 1.807) is 4.57 Å². The van der Waals surface area contributed by atoms with Crippen LogP contribution in [-0.2, 0) is 26.3 Å². The van der Waals surface area contributed by atoms with E-state index in [9.17, 15) is 9.59 Å². The zero-order chi connectivity index (χ0) is 19.8. The quantitative estimate of drug-likeness (QED) is 0.737. The highest BCUT2D eigenvalue weighted by atomic mass is 16.2. The molecule has 7 nitrogen and oxygen atoms in total. The van der Waals surface area contributed by atoms with E-state index in [0.717, 1.165) is 18.9 Å². The highest BCUT2D eigenvalue weighted by Gasteiger charge is 2.33. The predicted molar refractivity (Wildman–Crippen MR) is 111 cm³/mol. The molecule has 148 valence electrons. The van der Waals surface area contributed by atoms with Crippen molar-refractivity contribution in [1.82, 2.24) is 19.4 Å². The largest absolute Gasteiger partial charge is 0.331 e. The van der Waals surface area contributed by atoms with Gasteiger partial charge in [0, 0.05) is 19.6 Å². The summed E-state index contributed by atoms with van der Waals surface area (Å²) in [5, 5.41) is 0. The molecule has 1 N–H and O–H groups in total. The molecule has 2 aromatic carbocycles. The highest BCUT2D eigenvalue weighted by molar-refractivity contribution is 5.49. The third-order valence-corrected chi connectivity index (χ3v) is 5.53. The molecule has 3 aromatic rings. The summed E-state index contributed by atoms with van der Waals surface area (Å²) in [5.74, 6) is 0.771. The second-order valence-corrected chi connectivity index (χ2v) is 7.74. The van der Waals surface area contributed by atoms with Gasteiger partial charge in [0.25, 0.3) is 5.56 Å². The summed E-state index contributed by atoms with van der Waals surface area (Å²) in [6.07, 6.45) is 0. The molecular weight excluding hydrogens is 366 g/mol. The average molecular weight is 389 g/mol. The van der Waals surface area contributed by atoms with Crippen LogP contribution in [0.4, 0.5) is 5.82 Å². The van der Waals surface area contributed by atoms with Crippen LogP contribution >= 0.6 is 0 Å². The van der Waals surface area contributed by atoms with Crippen LogP contribution < -0.4 is 16.1 Å². The Morgan fingerprint density at radius 3 is 2.00 bits per heavy atom. The number of aromatic nitrogens is 2. The van der Waals surface area contributed by atoms with Crippen LogP contribution in [0.2, 0.25) is 0 Å². The zero-order valence-electron chi connectivity index (χ0n) is 16.1. The van der Waals surface area contributed by atoms with E-state index in [1.807, 2.05) is 36.4 Å². The SMILES string of the molecule is O=c1[nH]c(=O)n2c3c1CN(Cc1ccccc1)CN3CN(Cc1ccccc1)C2. The second kappa shape index (κ2) is 7.35. The fourth-order valence-electron chi connectivity index (χ4n) is 4.30. The highest BCUT2D eigenvalue weighted by Crippen LogP contribution is 2.28. The van der Waals surface area contributed by atoms with E-state index < -0.39 is 0 Å². The summed E-state index contributed by atoms with van der Waals surface area (Å²) >= 11 is 0. The maximum atomic E-state index is 12.6. The van der Waals surface area contributed by atoms with Crippen molar-refractivity contribution in [3.05, 3.63) is 98.2 Å². The van der Waals surface area contributed by atoms with E-state index in [4.69, 9.17) is 0 Å². The Hall–Kier alpha value is -3.16. The van der Waals surface area contributed by atoms with Gasteiger partial charge in [-0.2, -0.15) is 0 Å². The number of rotatable bonds is 4. The first-order valence-electron chi connectivity index (χ1n) is 9.81. The summed E-state index contributed by atoms with van der Waals surface area (Å²) in [5.41, 5.74) is 2.46. The molecule has 1 aromatic heterocycles. The van der Waals surface area contributed by atoms with Crippen LogP contribution in [0, 0.1) is 0 Å². The van der Waals surface area contributed by atoms with Gasteiger partial charge in [0.2, 0.25) is 0 Å². The van der Waals surface area contributed by atoms with Crippen molar-refractivity contribution in [3.63, 3.8) is 0 Å². The topological polar surface area (TPSA) is 64.6 Å². The van der Waals surface area contributed by atoms with Gasteiger partial charge in [0.15, 0.2) is 0 Å². The zero-order valence-corrected chi connectivity index (χ0v) is 16.1. The third-order valence-electron chi connectivity index (χ3n) is 5.53. The lowest BCUT2D eigenvalue weighted by atomic mass is 10.1. The van der Waals surface area contributed by atoms with Gasteiger partial charge >= 0.3 is 5.69 Å². The van der Waals surface area contributed by atoms with Gasteiger partial charge in [-0.1, -0.05) is 60.7 Å². The number of hydrogen-bond donors (Lipinski definition) is 1. The molecule has 0 amide bonds. The summed E-state index contributed by atoms with van der Waals surface area (Å²) < 4.78 is 1.70. The number of aromatic amines is 1. The normalized spacial score (nSPS) is 16.6. The fraction of sp³-hybridized carbons (Fsp3) is 0.273. The number of anilines is 1. The molecule has 0 bridgehead atoms. The van der Waals surface area contributed by atoms with Gasteiger partial charge in [-0.3, -0.25) is 24.1 Å². The third kappa shape index (κ3) is 3.50. The van der Waals surface area contributed by atoms with Crippen LogP contribution in [0.5, 0.6) is 0 Å². The van der Waals surface area contributed by atoms with E-state index >= 15 is 0 Å². The van der Waals surface area contributed by atoms with Gasteiger partial charge in [-0.25, -0.2) is 4.79 Å². The van der Waals surface area contributed by atoms with Gasteiger partial charge in [0.1, 0.15) is 5.82 Å². The first kappa shape index (κ1) is 17.9. The first-order valence-corrected chi connectivity index (χ1v) is 9.81. The number of H-pyrrole nitrogens is 1. The summed E-state index contributed by atoms with van der Waals surface area (Å²) in [7, 11) is 0. The van der Waals surface area contributed by atoms with Gasteiger partial charge in [-0.15, -0.1) is 0 Å². The minimum Gasteiger partial charge on any atom is -0.331 e. The summed E-state index contributed by atoms with van der Waals surface area (Å²) in [4.78, 5) is 34.2. The van der Waals surface area contributed by atoms with E-state index in [-0.39, 0.29) is 11.2 Å². The van der Waals surface area contributed by atoms with Crippen LogP contribution in [-0.4, -0.2) is 32.7 Å². The van der Waals surface area contributed by atoms with Gasteiger partial charge in [0.05, 0.1) is 25.6 Å². The lowest BCUT2D eigenvalue weighted by Crippen LogP contribution is -2.56. The summed E-state index contributed by atoms with van der Waals surface area (Å²) in [6.45, 7) is 3.87. The van der Waals surface area contributed by atoms with E-state index in [0.29, 0.717) is 32.1 Å². The Balaban J connectivity index is 1.47. The van der Waals surface area contributed by atoms with E-state index in [2.05, 4.69) is 43.9 Å². The number of benzene rings is 2. The van der Waals surface area contributed by atoms with Crippen molar-refractivity contribution < 1.29 is 0 Å². The fourth-order valence-corrected chi connectivity index (χ4v) is 4.30. The van der Waals surface area contributed by atoms with Crippen molar-refractivity contribution in [3.8, 4) is 0 Å². The van der Waals surface area contributed by atoms with Crippen LogP contribution in [0.25, 0.3) is 0 Å². The number of hydrogen-bond acceptors (Lipinski definition) is 5. The Bertz CT molecular complexity index is 1040. The van der Waals surface area contributed by atoms with Crippen molar-refractivity contribution >= 4 is 5.82 Å². The Morgan fingerprint density at radius 1 is 0.759 bits per heavy atom. The smallest absolute Gasteiger partial charge is 0.331 e. The molecule has 29 heavy (non-hydrogen) atoms. The maximum Gasteiger partial charge on any atom is 0.331 e. The molecule has 0 atom stereocenters. The minimum atomic E-state index is -0.340. The first-order chi connectivity index (χ1) is 14.2. The molecule has 0 spiro atoms. The lowest BCUT2D eigenvalue weighted by Gasteiger charge is -2.45. The molecule has 2 aliphatic heterocycles. The van der Waals surface area contributed by atoms with Crippen LogP contribution in [0.15, 0.2) is 70.3 Å². The molecule has 0 fully saturated rings. The molecule has 0 radical (unpaired) electrons. The molecule has 7 heteroatoms. The van der Waals surface area contributed by atoms with Crippen molar-refractivity contribution in [2.45, 2.75) is 26.3 Å². The minimum absolute atomic E-state index is 0.277. The molecule has 3 heterocycles. The van der Waals surface area contributed by atoms with Crippen LogP contribution in [0.3, 0.4) is 0 Å². The Morgan fingerprint density at radius 2 is 1.34 bits per heavy atom. The predicted octanol–water partition coefficient (Wildman–Crippen LogP) is 1.75. The second-order valence-electron chi connectivity index (χ2n) is 7.74. The molecule has 0 aliphatic carbocycles. The molecule has 0 saturated heterocycles. The van der Waals surface area contributed by atoms with Crippen molar-refractivity contribution in [2.24, 2.45) is 0 Å². The molecule has 2 aliphatic rings. The monoisotopic (exact) mass is 389 g/mol. The molecule has 5 rings (SSSR count). The summed E-state index contributed by atoms with van der Waals surface area (Å²) in [6, 6.07) is 20.5. The van der Waals surface area contributed by atoms with E-state index in [1.165, 1.54) is 11.1 Å². The Kier molecular flexibility index (Phi) is 4.54. The Labute approximate surface area is 168 Å².